The van der Waals surface area contributed by atoms with Crippen LogP contribution in [-0.4, -0.2) is 39.9 Å². The van der Waals surface area contributed by atoms with Crippen LogP contribution in [0.4, 0.5) is 5.69 Å². The number of hydrazone groups is 1. The first-order chi connectivity index (χ1) is 17.6. The van der Waals surface area contributed by atoms with Crippen LogP contribution in [0.25, 0.3) is 0 Å². The number of anilines is 1. The summed E-state index contributed by atoms with van der Waals surface area (Å²) in [7, 11) is -3.73. The number of ether oxygens (including phenoxy) is 2. The average molecular weight is 564 g/mol. The Balaban J connectivity index is 1.67. The highest BCUT2D eigenvalue weighted by atomic mass is 35.5. The van der Waals surface area contributed by atoms with Gasteiger partial charge >= 0.3 is 0 Å². The number of nitrogens with one attached hydrogen (secondary N) is 1. The second kappa shape index (κ2) is 12.8. The average Bonchev–Trinajstić information content (AvgIpc) is 2.82. The maximum atomic E-state index is 12.5. The lowest BCUT2D eigenvalue weighted by Gasteiger charge is -2.23. The summed E-state index contributed by atoms with van der Waals surface area (Å²) in [6.45, 7) is 3.87. The normalized spacial score (nSPS) is 11.4. The number of nitrogens with zero attached hydrogens (tertiary/aromatic N) is 2. The molecule has 0 heterocycles. The van der Waals surface area contributed by atoms with Crippen LogP contribution in [0.1, 0.15) is 23.6 Å². The molecule has 3 rings (SSSR count). The van der Waals surface area contributed by atoms with Crippen LogP contribution < -0.4 is 19.2 Å². The number of benzene rings is 3. The van der Waals surface area contributed by atoms with Crippen molar-refractivity contribution in [3.05, 3.63) is 87.4 Å². The fraction of sp³-hybridized carbons (Fsp3) is 0.231. The van der Waals surface area contributed by atoms with Gasteiger partial charge in [-0.2, -0.15) is 5.10 Å². The third-order valence-electron chi connectivity index (χ3n) is 5.07. The van der Waals surface area contributed by atoms with Gasteiger partial charge in [-0.05, 0) is 79.1 Å². The lowest BCUT2D eigenvalue weighted by atomic mass is 10.2. The Morgan fingerprint density at radius 3 is 2.46 bits per heavy atom. The molecule has 8 nitrogen and oxygen atoms in total. The van der Waals surface area contributed by atoms with Crippen molar-refractivity contribution in [1.29, 1.82) is 0 Å². The summed E-state index contributed by atoms with van der Waals surface area (Å²) in [5, 5.41) is 5.06. The highest BCUT2D eigenvalue weighted by Crippen LogP contribution is 2.29. The number of amides is 1. The molecule has 0 unspecified atom stereocenters. The highest BCUT2D eigenvalue weighted by molar-refractivity contribution is 7.92. The molecule has 11 heteroatoms. The molecule has 0 spiro atoms. The number of sulfonamides is 1. The number of carbonyl (C=O) groups is 1. The molecule has 37 heavy (non-hydrogen) atoms. The van der Waals surface area contributed by atoms with Gasteiger partial charge in [-0.25, -0.2) is 13.8 Å². The third kappa shape index (κ3) is 8.38. The molecule has 0 aliphatic carbocycles. The van der Waals surface area contributed by atoms with E-state index in [1.165, 1.54) is 6.21 Å². The van der Waals surface area contributed by atoms with Crippen molar-refractivity contribution >= 4 is 51.0 Å². The van der Waals surface area contributed by atoms with E-state index in [-0.39, 0.29) is 0 Å². The number of carbonyl (C=O) groups excluding carboxylic acids is 1. The molecule has 0 saturated carbocycles. The van der Waals surface area contributed by atoms with Crippen molar-refractivity contribution in [3.8, 4) is 11.5 Å². The van der Waals surface area contributed by atoms with Crippen LogP contribution in [0.2, 0.25) is 10.0 Å². The largest absolute Gasteiger partial charge is 0.490 e. The van der Waals surface area contributed by atoms with E-state index >= 15 is 0 Å². The van der Waals surface area contributed by atoms with Crippen molar-refractivity contribution < 1.29 is 22.7 Å². The number of aryl methyl sites for hydroxylation is 1. The zero-order valence-corrected chi connectivity index (χ0v) is 22.9. The molecule has 1 N–H and O–H groups in total. The Hall–Kier alpha value is -3.27. The van der Waals surface area contributed by atoms with Gasteiger partial charge in [0.2, 0.25) is 10.0 Å². The number of hydrogen-bond acceptors (Lipinski definition) is 6. The summed E-state index contributed by atoms with van der Waals surface area (Å²) in [6, 6.07) is 17.4. The van der Waals surface area contributed by atoms with Crippen molar-refractivity contribution in [3.63, 3.8) is 0 Å². The van der Waals surface area contributed by atoms with E-state index in [2.05, 4.69) is 10.5 Å². The molecule has 3 aromatic carbocycles. The predicted octanol–water partition coefficient (Wildman–Crippen LogP) is 5.20. The lowest BCUT2D eigenvalue weighted by Crippen LogP contribution is -2.39. The van der Waals surface area contributed by atoms with Crippen LogP contribution in [0.3, 0.4) is 0 Å². The number of hydrogen-bond donors (Lipinski definition) is 1. The summed E-state index contributed by atoms with van der Waals surface area (Å²) in [5.74, 6) is 0.453. The number of rotatable bonds is 11. The first kappa shape index (κ1) is 28.3. The smallest absolute Gasteiger partial charge is 0.260 e. The molecule has 0 fully saturated rings. The van der Waals surface area contributed by atoms with Crippen molar-refractivity contribution in [2.24, 2.45) is 5.10 Å². The zero-order chi connectivity index (χ0) is 27.0. The second-order valence-corrected chi connectivity index (χ2v) is 10.8. The van der Waals surface area contributed by atoms with Gasteiger partial charge in [-0.1, -0.05) is 35.3 Å². The minimum absolute atomic E-state index is 0.314. The first-order valence-electron chi connectivity index (χ1n) is 11.3. The van der Waals surface area contributed by atoms with Crippen LogP contribution in [0, 0.1) is 6.92 Å². The molecule has 0 bridgehead atoms. The molecule has 0 aromatic heterocycles. The Morgan fingerprint density at radius 2 is 1.78 bits per heavy atom. The molecular formula is C26H27Cl2N3O5S. The van der Waals surface area contributed by atoms with Crippen molar-refractivity contribution in [2.45, 2.75) is 20.5 Å². The summed E-state index contributed by atoms with van der Waals surface area (Å²) in [4.78, 5) is 12.5. The molecule has 1 amide bonds. The monoisotopic (exact) mass is 563 g/mol. The molecule has 196 valence electrons. The van der Waals surface area contributed by atoms with Gasteiger partial charge < -0.3 is 9.47 Å². The van der Waals surface area contributed by atoms with E-state index in [4.69, 9.17) is 32.7 Å². The first-order valence-corrected chi connectivity index (χ1v) is 13.9. The molecule has 0 atom stereocenters. The Morgan fingerprint density at radius 1 is 1.03 bits per heavy atom. The maximum Gasteiger partial charge on any atom is 0.260 e. The number of halogens is 2. The Bertz CT molecular complexity index is 1400. The van der Waals surface area contributed by atoms with Gasteiger partial charge in [-0.3, -0.25) is 9.10 Å². The second-order valence-electron chi connectivity index (χ2n) is 8.05. The van der Waals surface area contributed by atoms with E-state index in [1.807, 2.05) is 25.1 Å². The predicted molar refractivity (Wildman–Crippen MR) is 148 cm³/mol. The highest BCUT2D eigenvalue weighted by Gasteiger charge is 2.22. The summed E-state index contributed by atoms with van der Waals surface area (Å²) in [5.41, 5.74) is 4.91. The third-order valence-corrected chi connectivity index (χ3v) is 6.67. The fourth-order valence-corrected chi connectivity index (χ4v) is 4.76. The summed E-state index contributed by atoms with van der Waals surface area (Å²) in [6.07, 6.45) is 2.46. The van der Waals surface area contributed by atoms with Gasteiger partial charge in [0, 0.05) is 10.0 Å². The molecular weight excluding hydrogens is 537 g/mol. The molecule has 0 aliphatic rings. The minimum Gasteiger partial charge on any atom is -0.490 e. The molecule has 0 aliphatic heterocycles. The lowest BCUT2D eigenvalue weighted by molar-refractivity contribution is -0.119. The quantitative estimate of drug-likeness (QED) is 0.255. The van der Waals surface area contributed by atoms with Gasteiger partial charge in [-0.15, -0.1) is 0 Å². The van der Waals surface area contributed by atoms with Crippen LogP contribution in [-0.2, 0) is 21.4 Å². The topological polar surface area (TPSA) is 97.3 Å². The van der Waals surface area contributed by atoms with Crippen LogP contribution in [0.5, 0.6) is 11.5 Å². The Labute approximate surface area is 226 Å². The van der Waals surface area contributed by atoms with Gasteiger partial charge in [0.05, 0.1) is 24.8 Å². The molecule has 0 radical (unpaired) electrons. The minimum atomic E-state index is -3.73. The van der Waals surface area contributed by atoms with Gasteiger partial charge in [0.15, 0.2) is 11.5 Å². The van der Waals surface area contributed by atoms with Crippen molar-refractivity contribution in [1.82, 2.24) is 5.43 Å². The summed E-state index contributed by atoms with van der Waals surface area (Å²) >= 11 is 12.0. The standard InChI is InChI=1S/C26H27Cl2N3O5S/c1-4-35-25-14-19(8-11-24(25)36-17-20-6-5-7-21(27)13-20)15-29-30-26(32)16-31(37(3,33)34)23-10-9-22(28)12-18(23)2/h5-15H,4,16-17H2,1-3H3,(H,30,32)/b29-15-. The molecule has 3 aromatic rings. The van der Waals surface area contributed by atoms with E-state index in [0.717, 1.165) is 16.1 Å². The zero-order valence-electron chi connectivity index (χ0n) is 20.6. The maximum absolute atomic E-state index is 12.5. The SMILES string of the molecule is CCOc1cc(/C=N\NC(=O)CN(c2ccc(Cl)cc2C)S(C)(=O)=O)ccc1OCc1cccc(Cl)c1. The fourth-order valence-electron chi connectivity index (χ4n) is 3.40. The van der Waals surface area contributed by atoms with E-state index < -0.39 is 22.5 Å². The summed E-state index contributed by atoms with van der Waals surface area (Å²) < 4.78 is 37.3. The van der Waals surface area contributed by atoms with Crippen LogP contribution >= 0.6 is 23.2 Å². The molecule has 0 saturated heterocycles. The Kier molecular flexibility index (Phi) is 9.79. The van der Waals surface area contributed by atoms with Crippen LogP contribution in [0.15, 0.2) is 65.8 Å². The van der Waals surface area contributed by atoms with E-state index in [9.17, 15) is 13.2 Å². The van der Waals surface area contributed by atoms with Gasteiger partial charge in [0.25, 0.3) is 5.91 Å². The van der Waals surface area contributed by atoms with Gasteiger partial charge in [0.1, 0.15) is 13.2 Å². The van der Waals surface area contributed by atoms with E-state index in [1.54, 1.807) is 49.4 Å². The van der Waals surface area contributed by atoms with Crippen molar-refractivity contribution in [2.75, 3.05) is 23.7 Å². The van der Waals surface area contributed by atoms with E-state index in [0.29, 0.717) is 51.6 Å².